The summed E-state index contributed by atoms with van der Waals surface area (Å²) in [6.07, 6.45) is 6.16. The molecule has 1 aromatic carbocycles. The second kappa shape index (κ2) is 8.11. The second-order valence-corrected chi connectivity index (χ2v) is 8.39. The molecule has 2 N–H and O–H groups in total. The Hall–Kier alpha value is -2.37. The number of carbonyl (C=O) groups is 2. The summed E-state index contributed by atoms with van der Waals surface area (Å²) in [5, 5.41) is 5.79. The monoisotopic (exact) mass is 370 g/mol. The lowest BCUT2D eigenvalue weighted by Crippen LogP contribution is -2.36. The van der Waals surface area contributed by atoms with E-state index in [1.165, 1.54) is 19.3 Å². The van der Waals surface area contributed by atoms with Gasteiger partial charge in [-0.05, 0) is 25.0 Å². The van der Waals surface area contributed by atoms with Gasteiger partial charge >= 0.3 is 0 Å². The van der Waals surface area contributed by atoms with Gasteiger partial charge in [-0.15, -0.1) is 0 Å². The summed E-state index contributed by atoms with van der Waals surface area (Å²) in [5.41, 5.74) is 1.52. The highest BCUT2D eigenvalue weighted by molar-refractivity contribution is 5.92. The van der Waals surface area contributed by atoms with E-state index in [4.69, 9.17) is 0 Å². The van der Waals surface area contributed by atoms with Crippen LogP contribution in [0.5, 0.6) is 0 Å². The molecule has 1 heterocycles. The minimum Gasteiger partial charge on any atom is -0.355 e. The van der Waals surface area contributed by atoms with Crippen molar-refractivity contribution < 1.29 is 9.59 Å². The minimum atomic E-state index is -0.453. The molecule has 0 aliphatic heterocycles. The summed E-state index contributed by atoms with van der Waals surface area (Å²) in [4.78, 5) is 29.0. The van der Waals surface area contributed by atoms with Crippen LogP contribution in [-0.4, -0.2) is 27.9 Å². The molecule has 6 nitrogen and oxygen atoms in total. The van der Waals surface area contributed by atoms with Gasteiger partial charge in [-0.2, -0.15) is 0 Å². The van der Waals surface area contributed by atoms with Gasteiger partial charge in [-0.1, -0.05) is 52.2 Å². The fraction of sp³-hybridized carbons (Fsp3) is 0.571. The Bertz CT molecular complexity index is 813. The van der Waals surface area contributed by atoms with Crippen LogP contribution in [0, 0.1) is 5.41 Å². The number of rotatable bonds is 5. The molecule has 146 valence electrons. The van der Waals surface area contributed by atoms with Gasteiger partial charge in [0.05, 0.1) is 11.0 Å². The van der Waals surface area contributed by atoms with Crippen molar-refractivity contribution in [3.05, 3.63) is 24.3 Å². The normalized spacial score (nSPS) is 15.7. The lowest BCUT2D eigenvalue weighted by Gasteiger charge is -2.25. The third-order valence-corrected chi connectivity index (χ3v) is 5.11. The first-order chi connectivity index (χ1) is 12.9. The van der Waals surface area contributed by atoms with Gasteiger partial charge in [0.2, 0.25) is 17.8 Å². The third-order valence-electron chi connectivity index (χ3n) is 5.11. The number of benzene rings is 1. The molecule has 1 saturated carbocycles. The number of hydrogen-bond acceptors (Lipinski definition) is 3. The molecule has 1 aliphatic rings. The summed E-state index contributed by atoms with van der Waals surface area (Å²) in [5.74, 6) is 0.441. The Morgan fingerprint density at radius 3 is 2.56 bits per heavy atom. The Balaban J connectivity index is 1.70. The van der Waals surface area contributed by atoms with Gasteiger partial charge in [-0.25, -0.2) is 4.98 Å². The number of amides is 2. The van der Waals surface area contributed by atoms with E-state index in [1.54, 1.807) is 0 Å². The minimum absolute atomic E-state index is 0.0512. The molecule has 6 heteroatoms. The van der Waals surface area contributed by atoms with Crippen molar-refractivity contribution in [2.24, 2.45) is 5.41 Å². The van der Waals surface area contributed by atoms with Gasteiger partial charge in [0.25, 0.3) is 0 Å². The van der Waals surface area contributed by atoms with Crippen LogP contribution in [0.1, 0.15) is 65.3 Å². The Morgan fingerprint density at radius 2 is 1.85 bits per heavy atom. The van der Waals surface area contributed by atoms with Crippen LogP contribution in [0.15, 0.2) is 24.3 Å². The largest absolute Gasteiger partial charge is 0.355 e. The van der Waals surface area contributed by atoms with Gasteiger partial charge in [0.15, 0.2) is 0 Å². The second-order valence-electron chi connectivity index (χ2n) is 8.39. The van der Waals surface area contributed by atoms with E-state index in [0.29, 0.717) is 18.5 Å². The molecule has 2 amide bonds. The highest BCUT2D eigenvalue weighted by Gasteiger charge is 2.23. The predicted molar refractivity (Wildman–Crippen MR) is 108 cm³/mol. The highest BCUT2D eigenvalue weighted by atomic mass is 16.2. The number of imidazole rings is 1. The van der Waals surface area contributed by atoms with Crippen LogP contribution in [-0.2, 0) is 9.59 Å². The van der Waals surface area contributed by atoms with Crippen molar-refractivity contribution in [2.45, 2.75) is 65.3 Å². The molecular weight excluding hydrogens is 340 g/mol. The third kappa shape index (κ3) is 4.67. The average molecular weight is 370 g/mol. The summed E-state index contributed by atoms with van der Waals surface area (Å²) in [6, 6.07) is 8.40. The molecule has 2 aromatic rings. The Kier molecular flexibility index (Phi) is 5.82. The molecule has 0 radical (unpaired) electrons. The van der Waals surface area contributed by atoms with Gasteiger partial charge < -0.3 is 9.88 Å². The molecule has 1 aliphatic carbocycles. The number of para-hydroxylation sites is 2. The van der Waals surface area contributed by atoms with Crippen molar-refractivity contribution in [2.75, 3.05) is 11.9 Å². The molecule has 0 atom stereocenters. The lowest BCUT2D eigenvalue weighted by atomic mass is 9.95. The topological polar surface area (TPSA) is 76.0 Å². The number of nitrogens with one attached hydrogen (secondary N) is 2. The van der Waals surface area contributed by atoms with E-state index in [9.17, 15) is 9.59 Å². The van der Waals surface area contributed by atoms with E-state index in [2.05, 4.69) is 26.3 Å². The van der Waals surface area contributed by atoms with Crippen LogP contribution < -0.4 is 10.6 Å². The van der Waals surface area contributed by atoms with E-state index in [-0.39, 0.29) is 18.2 Å². The van der Waals surface area contributed by atoms with E-state index >= 15 is 0 Å². The van der Waals surface area contributed by atoms with Crippen LogP contribution in [0.2, 0.25) is 0 Å². The standard InChI is InChI=1S/C21H30N4O2/c1-21(2,3)19(27)22-14-13-18(26)24-20-23-16-11-7-8-12-17(16)25(20)15-9-5-4-6-10-15/h7-8,11-12,15H,4-6,9-10,13-14H2,1-3H3,(H,22,27)(H,23,24,26). The van der Waals surface area contributed by atoms with Crippen molar-refractivity contribution in [3.8, 4) is 0 Å². The smallest absolute Gasteiger partial charge is 0.228 e. The molecule has 0 saturated heterocycles. The molecule has 1 aromatic heterocycles. The molecule has 27 heavy (non-hydrogen) atoms. The fourth-order valence-corrected chi connectivity index (χ4v) is 3.58. The SMILES string of the molecule is CC(C)(C)C(=O)NCCC(=O)Nc1nc2ccccc2n1C1CCCCC1. The van der Waals surface area contributed by atoms with Gasteiger partial charge in [-0.3, -0.25) is 14.9 Å². The molecule has 1 fully saturated rings. The zero-order valence-corrected chi connectivity index (χ0v) is 16.5. The Morgan fingerprint density at radius 1 is 1.15 bits per heavy atom. The first-order valence-electron chi connectivity index (χ1n) is 9.91. The average Bonchev–Trinajstić information content (AvgIpc) is 2.99. The van der Waals surface area contributed by atoms with Gasteiger partial charge in [0, 0.05) is 24.4 Å². The molecule has 0 unspecified atom stereocenters. The van der Waals surface area contributed by atoms with Crippen LogP contribution in [0.4, 0.5) is 5.95 Å². The number of hydrogen-bond donors (Lipinski definition) is 2. The number of fused-ring (bicyclic) bond motifs is 1. The number of anilines is 1. The van der Waals surface area contributed by atoms with Crippen molar-refractivity contribution >= 4 is 28.8 Å². The first kappa shape index (κ1) is 19.4. The summed E-state index contributed by atoms with van der Waals surface area (Å²) < 4.78 is 2.19. The fourth-order valence-electron chi connectivity index (χ4n) is 3.58. The molecule has 0 spiro atoms. The quantitative estimate of drug-likeness (QED) is 0.834. The van der Waals surface area contributed by atoms with E-state index < -0.39 is 5.41 Å². The predicted octanol–water partition coefficient (Wildman–Crippen LogP) is 4.03. The van der Waals surface area contributed by atoms with E-state index in [1.807, 2.05) is 39.0 Å². The maximum Gasteiger partial charge on any atom is 0.228 e. The number of aromatic nitrogens is 2. The Labute approximate surface area is 160 Å². The molecule has 3 rings (SSSR count). The van der Waals surface area contributed by atoms with Gasteiger partial charge in [0.1, 0.15) is 0 Å². The van der Waals surface area contributed by atoms with Crippen molar-refractivity contribution in [3.63, 3.8) is 0 Å². The van der Waals surface area contributed by atoms with E-state index in [0.717, 1.165) is 23.9 Å². The summed E-state index contributed by atoms with van der Waals surface area (Å²) >= 11 is 0. The summed E-state index contributed by atoms with van der Waals surface area (Å²) in [6.45, 7) is 5.89. The zero-order chi connectivity index (χ0) is 19.4. The highest BCUT2D eigenvalue weighted by Crippen LogP contribution is 2.34. The van der Waals surface area contributed by atoms with Crippen molar-refractivity contribution in [1.29, 1.82) is 0 Å². The van der Waals surface area contributed by atoms with Crippen molar-refractivity contribution in [1.82, 2.24) is 14.9 Å². The maximum atomic E-state index is 12.4. The first-order valence-corrected chi connectivity index (χ1v) is 9.91. The summed E-state index contributed by atoms with van der Waals surface area (Å²) in [7, 11) is 0. The van der Waals surface area contributed by atoms with Crippen LogP contribution in [0.25, 0.3) is 11.0 Å². The zero-order valence-electron chi connectivity index (χ0n) is 16.5. The number of carbonyl (C=O) groups excluding carboxylic acids is 2. The molecular formula is C21H30N4O2. The van der Waals surface area contributed by atoms with Crippen LogP contribution >= 0.6 is 0 Å². The van der Waals surface area contributed by atoms with Crippen LogP contribution in [0.3, 0.4) is 0 Å². The maximum absolute atomic E-state index is 12.4. The molecule has 0 bridgehead atoms. The number of nitrogens with zero attached hydrogens (tertiary/aromatic N) is 2. The lowest BCUT2D eigenvalue weighted by molar-refractivity contribution is -0.128.